The molecule has 0 saturated carbocycles. The molecule has 0 aliphatic rings. The highest BCUT2D eigenvalue weighted by Crippen LogP contribution is 2.36. The van der Waals surface area contributed by atoms with E-state index in [-0.39, 0.29) is 29.9 Å². The summed E-state index contributed by atoms with van der Waals surface area (Å²) in [5.41, 5.74) is 3.46. The number of esters is 1. The Morgan fingerprint density at radius 2 is 2.04 bits per heavy atom. The Balaban J connectivity index is 2.09. The number of methoxy groups -OCH3 is 1. The lowest BCUT2D eigenvalue weighted by Crippen LogP contribution is -2.18. The molecular formula is C19H18BrClN2O5. The predicted octanol–water partition coefficient (Wildman–Crippen LogP) is 3.82. The summed E-state index contributed by atoms with van der Waals surface area (Å²) in [6.45, 7) is 1.67. The largest absolute Gasteiger partial charge is 0.493 e. The van der Waals surface area contributed by atoms with Crippen LogP contribution in [0.3, 0.4) is 0 Å². The molecular weight excluding hydrogens is 452 g/mol. The fraction of sp³-hybridized carbons (Fsp3) is 0.211. The summed E-state index contributed by atoms with van der Waals surface area (Å²) in [7, 11) is 1.44. The van der Waals surface area contributed by atoms with E-state index in [4.69, 9.17) is 25.8 Å². The molecule has 9 heteroatoms. The highest BCUT2D eigenvalue weighted by Gasteiger charge is 2.14. The lowest BCUT2D eigenvalue weighted by molar-refractivity contribution is -0.145. The van der Waals surface area contributed by atoms with E-state index in [1.165, 1.54) is 13.3 Å². The van der Waals surface area contributed by atoms with E-state index in [0.717, 1.165) is 0 Å². The predicted molar refractivity (Wildman–Crippen MR) is 109 cm³/mol. The summed E-state index contributed by atoms with van der Waals surface area (Å²) in [6, 6.07) is 10.2. The Morgan fingerprint density at radius 3 is 2.71 bits per heavy atom. The SMILES string of the molecule is CCOC(=O)COc1c(Cl)cc(/C=N/NC(=O)c2ccccc2Br)cc1OC. The maximum Gasteiger partial charge on any atom is 0.344 e. The van der Waals surface area contributed by atoms with Crippen LogP contribution in [0.15, 0.2) is 46.0 Å². The number of hydrogen-bond acceptors (Lipinski definition) is 6. The average molecular weight is 470 g/mol. The molecule has 28 heavy (non-hydrogen) atoms. The minimum absolute atomic E-state index is 0.214. The standard InChI is InChI=1S/C19H18BrClN2O5/c1-3-27-17(24)11-28-18-15(21)8-12(9-16(18)26-2)10-22-23-19(25)13-6-4-5-7-14(13)20/h4-10H,3,11H2,1-2H3,(H,23,25)/b22-10+. The Hall–Kier alpha value is -2.58. The number of hydrazone groups is 1. The van der Waals surface area contributed by atoms with Gasteiger partial charge in [-0.15, -0.1) is 0 Å². The normalized spacial score (nSPS) is 10.6. The van der Waals surface area contributed by atoms with Gasteiger partial charge in [-0.25, -0.2) is 10.2 Å². The molecule has 0 aliphatic heterocycles. The van der Waals surface area contributed by atoms with Gasteiger partial charge in [-0.3, -0.25) is 4.79 Å². The fourth-order valence-corrected chi connectivity index (χ4v) is 2.90. The lowest BCUT2D eigenvalue weighted by Gasteiger charge is -2.12. The van der Waals surface area contributed by atoms with Crippen molar-refractivity contribution in [2.45, 2.75) is 6.92 Å². The average Bonchev–Trinajstić information content (AvgIpc) is 2.67. The first-order valence-corrected chi connectivity index (χ1v) is 9.37. The highest BCUT2D eigenvalue weighted by molar-refractivity contribution is 9.10. The number of amides is 1. The quantitative estimate of drug-likeness (QED) is 0.361. The minimum Gasteiger partial charge on any atom is -0.493 e. The second-order valence-corrected chi connectivity index (χ2v) is 6.57. The van der Waals surface area contributed by atoms with Gasteiger partial charge >= 0.3 is 5.97 Å². The van der Waals surface area contributed by atoms with Gasteiger partial charge in [0.15, 0.2) is 18.1 Å². The van der Waals surface area contributed by atoms with Crippen LogP contribution < -0.4 is 14.9 Å². The molecule has 0 aliphatic carbocycles. The molecule has 0 unspecified atom stereocenters. The molecule has 0 atom stereocenters. The molecule has 0 aromatic heterocycles. The second kappa shape index (κ2) is 10.7. The van der Waals surface area contributed by atoms with Gasteiger partial charge in [0.05, 0.1) is 30.5 Å². The van der Waals surface area contributed by atoms with Crippen LogP contribution in [-0.2, 0) is 9.53 Å². The highest BCUT2D eigenvalue weighted by atomic mass is 79.9. The summed E-state index contributed by atoms with van der Waals surface area (Å²) in [6.07, 6.45) is 1.41. The van der Waals surface area contributed by atoms with E-state index >= 15 is 0 Å². The number of halogens is 2. The van der Waals surface area contributed by atoms with E-state index in [1.807, 2.05) is 6.07 Å². The van der Waals surface area contributed by atoms with Crippen LogP contribution in [0.4, 0.5) is 0 Å². The lowest BCUT2D eigenvalue weighted by atomic mass is 10.2. The van der Waals surface area contributed by atoms with Gasteiger partial charge in [-0.2, -0.15) is 5.10 Å². The van der Waals surface area contributed by atoms with Crippen LogP contribution in [0.5, 0.6) is 11.5 Å². The molecule has 2 aromatic rings. The zero-order valence-corrected chi connectivity index (χ0v) is 17.5. The van der Waals surface area contributed by atoms with E-state index in [2.05, 4.69) is 26.5 Å². The van der Waals surface area contributed by atoms with E-state index in [0.29, 0.717) is 21.3 Å². The monoisotopic (exact) mass is 468 g/mol. The number of nitrogens with one attached hydrogen (secondary N) is 1. The Bertz CT molecular complexity index is 889. The van der Waals surface area contributed by atoms with Crippen molar-refractivity contribution in [2.24, 2.45) is 5.10 Å². The first kappa shape index (κ1) is 21.7. The Kier molecular flexibility index (Phi) is 8.28. The fourth-order valence-electron chi connectivity index (χ4n) is 2.16. The van der Waals surface area contributed by atoms with Gasteiger partial charge in [-0.1, -0.05) is 23.7 Å². The molecule has 0 bridgehead atoms. The van der Waals surface area contributed by atoms with Crippen molar-refractivity contribution < 1.29 is 23.8 Å². The van der Waals surface area contributed by atoms with Gasteiger partial charge in [0.1, 0.15) is 0 Å². The summed E-state index contributed by atoms with van der Waals surface area (Å²) in [5, 5.41) is 4.15. The summed E-state index contributed by atoms with van der Waals surface area (Å²) in [5.74, 6) is -0.348. The zero-order valence-electron chi connectivity index (χ0n) is 15.2. The van der Waals surface area contributed by atoms with Crippen molar-refractivity contribution in [1.82, 2.24) is 5.43 Å². The zero-order chi connectivity index (χ0) is 20.5. The van der Waals surface area contributed by atoms with Crippen LogP contribution in [0, 0.1) is 0 Å². The van der Waals surface area contributed by atoms with Crippen molar-refractivity contribution >= 4 is 45.6 Å². The number of benzene rings is 2. The van der Waals surface area contributed by atoms with Gasteiger partial charge < -0.3 is 14.2 Å². The van der Waals surface area contributed by atoms with Crippen molar-refractivity contribution in [2.75, 3.05) is 20.3 Å². The molecule has 2 rings (SSSR count). The van der Waals surface area contributed by atoms with Crippen LogP contribution in [-0.4, -0.2) is 38.4 Å². The third-order valence-electron chi connectivity index (χ3n) is 3.39. The molecule has 0 heterocycles. The molecule has 2 aromatic carbocycles. The van der Waals surface area contributed by atoms with Crippen LogP contribution in [0.1, 0.15) is 22.8 Å². The van der Waals surface area contributed by atoms with Gasteiger partial charge in [0, 0.05) is 4.47 Å². The third kappa shape index (κ3) is 5.97. The second-order valence-electron chi connectivity index (χ2n) is 5.31. The molecule has 148 valence electrons. The number of rotatable bonds is 8. The topological polar surface area (TPSA) is 86.2 Å². The summed E-state index contributed by atoms with van der Waals surface area (Å²) in [4.78, 5) is 23.6. The number of ether oxygens (including phenoxy) is 3. The van der Waals surface area contributed by atoms with Crippen LogP contribution in [0.25, 0.3) is 0 Å². The smallest absolute Gasteiger partial charge is 0.344 e. The van der Waals surface area contributed by atoms with Crippen molar-refractivity contribution in [1.29, 1.82) is 0 Å². The van der Waals surface area contributed by atoms with Crippen molar-refractivity contribution in [3.05, 3.63) is 57.0 Å². The number of carbonyl (C=O) groups is 2. The van der Waals surface area contributed by atoms with Crippen molar-refractivity contribution in [3.63, 3.8) is 0 Å². The van der Waals surface area contributed by atoms with Gasteiger partial charge in [0.25, 0.3) is 5.91 Å². The summed E-state index contributed by atoms with van der Waals surface area (Å²) >= 11 is 9.53. The Morgan fingerprint density at radius 1 is 1.29 bits per heavy atom. The van der Waals surface area contributed by atoms with E-state index < -0.39 is 5.97 Å². The first-order valence-electron chi connectivity index (χ1n) is 8.20. The van der Waals surface area contributed by atoms with Gasteiger partial charge in [0.2, 0.25) is 0 Å². The maximum absolute atomic E-state index is 12.1. The van der Waals surface area contributed by atoms with Crippen LogP contribution >= 0.6 is 27.5 Å². The summed E-state index contributed by atoms with van der Waals surface area (Å²) < 4.78 is 16.1. The molecule has 7 nitrogen and oxygen atoms in total. The molecule has 0 radical (unpaired) electrons. The molecule has 0 fully saturated rings. The van der Waals surface area contributed by atoms with E-state index in [9.17, 15) is 9.59 Å². The molecule has 1 amide bonds. The van der Waals surface area contributed by atoms with Crippen molar-refractivity contribution in [3.8, 4) is 11.5 Å². The minimum atomic E-state index is -0.513. The molecule has 1 N–H and O–H groups in total. The number of carbonyl (C=O) groups excluding carboxylic acids is 2. The van der Waals surface area contributed by atoms with Crippen LogP contribution in [0.2, 0.25) is 5.02 Å². The maximum atomic E-state index is 12.1. The van der Waals surface area contributed by atoms with Gasteiger partial charge in [-0.05, 0) is 52.7 Å². The van der Waals surface area contributed by atoms with E-state index in [1.54, 1.807) is 37.3 Å². The molecule has 0 saturated heterocycles. The molecule has 0 spiro atoms. The number of hydrogen-bond donors (Lipinski definition) is 1. The number of nitrogens with zero attached hydrogens (tertiary/aromatic N) is 1. The Labute approximate surface area is 175 Å². The first-order chi connectivity index (χ1) is 13.5. The third-order valence-corrected chi connectivity index (χ3v) is 4.36.